The molecule has 0 rings (SSSR count). The second-order valence-electron chi connectivity index (χ2n) is 1.99. The zero-order chi connectivity index (χ0) is 8.20. The molecule has 0 atom stereocenters. The van der Waals surface area contributed by atoms with Gasteiger partial charge in [0.2, 0.25) is 0 Å². The standard InChI is InChI=1S/C6H11I3Te/c1-3-4-5-10(8,9)6(2)7/h2-5H2,1H3. The molecule has 0 saturated carbocycles. The number of hydrogen-bond acceptors (Lipinski definition) is 0. The van der Waals surface area contributed by atoms with Crippen LogP contribution in [0.2, 0.25) is 4.47 Å². The van der Waals surface area contributed by atoms with Gasteiger partial charge in [0.05, 0.1) is 0 Å². The summed E-state index contributed by atoms with van der Waals surface area (Å²) in [5.41, 5.74) is 0. The predicted molar refractivity (Wildman–Crippen MR) is 76.7 cm³/mol. The van der Waals surface area contributed by atoms with Crippen molar-refractivity contribution in [2.24, 2.45) is 0 Å². The normalized spacial score (nSPS) is 13.2. The van der Waals surface area contributed by atoms with Crippen LogP contribution >= 0.6 is 60.0 Å². The quantitative estimate of drug-likeness (QED) is 0.332. The molecule has 0 aromatic carbocycles. The molecule has 62 valence electrons. The van der Waals surface area contributed by atoms with Gasteiger partial charge in [-0.15, -0.1) is 0 Å². The molecule has 0 bridgehead atoms. The van der Waals surface area contributed by atoms with Crippen molar-refractivity contribution in [3.63, 3.8) is 0 Å². The second kappa shape index (κ2) is 6.22. The third-order valence-corrected chi connectivity index (χ3v) is 34.6. The van der Waals surface area contributed by atoms with Crippen LogP contribution in [0.15, 0.2) is 8.21 Å². The summed E-state index contributed by atoms with van der Waals surface area (Å²) in [6.45, 7) is 6.29. The maximum absolute atomic E-state index is 4.04. The van der Waals surface area contributed by atoms with Crippen molar-refractivity contribution < 1.29 is 0 Å². The summed E-state index contributed by atoms with van der Waals surface area (Å²) < 4.78 is 2.87. The summed E-state index contributed by atoms with van der Waals surface area (Å²) in [6, 6.07) is 0. The number of unbranched alkanes of at least 4 members (excludes halogenated alkanes) is 1. The van der Waals surface area contributed by atoms with Crippen LogP contribution in [0.25, 0.3) is 0 Å². The van der Waals surface area contributed by atoms with Crippen LogP contribution in [0.1, 0.15) is 19.8 Å². The SMILES string of the molecule is C=C(I)[Te](I)(I)CCCC. The van der Waals surface area contributed by atoms with Gasteiger partial charge >= 0.3 is 103 Å². The maximum atomic E-state index is 4.04. The molecule has 0 amide bonds. The van der Waals surface area contributed by atoms with E-state index in [1.807, 2.05) is 0 Å². The molecule has 4 heteroatoms. The van der Waals surface area contributed by atoms with Crippen LogP contribution in [0, 0.1) is 0 Å². The van der Waals surface area contributed by atoms with E-state index in [1.54, 1.807) is 0 Å². The third-order valence-electron chi connectivity index (χ3n) is 1.08. The van der Waals surface area contributed by atoms with E-state index in [1.165, 1.54) is 18.9 Å². The van der Waals surface area contributed by atoms with Crippen LogP contribution in [0.5, 0.6) is 0 Å². The Kier molecular flexibility index (Phi) is 7.91. The van der Waals surface area contributed by atoms with Crippen molar-refractivity contribution in [1.82, 2.24) is 0 Å². The Balaban J connectivity index is 3.75. The van der Waals surface area contributed by atoms with Crippen molar-refractivity contribution in [2.45, 2.75) is 24.2 Å². The van der Waals surface area contributed by atoms with Crippen LogP contribution in [-0.2, 0) is 0 Å². The monoisotopic (exact) mass is 594 g/mol. The Hall–Kier alpha value is 2.72. The molecule has 0 N–H and O–H groups in total. The number of halogens is 3. The summed E-state index contributed by atoms with van der Waals surface area (Å²) in [5.74, 6) is 0. The van der Waals surface area contributed by atoms with Crippen molar-refractivity contribution in [1.29, 1.82) is 0 Å². The van der Waals surface area contributed by atoms with Gasteiger partial charge in [0.15, 0.2) is 0 Å². The molecule has 0 aromatic heterocycles. The van der Waals surface area contributed by atoms with E-state index >= 15 is 0 Å². The van der Waals surface area contributed by atoms with E-state index in [0.29, 0.717) is 0 Å². The van der Waals surface area contributed by atoms with Crippen LogP contribution in [0.4, 0.5) is 0 Å². The van der Waals surface area contributed by atoms with Gasteiger partial charge < -0.3 is 0 Å². The third kappa shape index (κ3) is 5.38. The summed E-state index contributed by atoms with van der Waals surface area (Å²) in [5, 5.41) is 0. The number of rotatable bonds is 4. The van der Waals surface area contributed by atoms with Crippen LogP contribution in [0.3, 0.4) is 0 Å². The van der Waals surface area contributed by atoms with E-state index in [2.05, 4.69) is 73.5 Å². The Labute approximate surface area is 100 Å². The van der Waals surface area contributed by atoms with E-state index in [9.17, 15) is 0 Å². The fourth-order valence-corrected chi connectivity index (χ4v) is 8.58. The van der Waals surface area contributed by atoms with Crippen molar-refractivity contribution in [3.8, 4) is 0 Å². The van der Waals surface area contributed by atoms with Crippen molar-refractivity contribution in [3.05, 3.63) is 8.21 Å². The first kappa shape index (κ1) is 12.7. The summed E-state index contributed by atoms with van der Waals surface area (Å²) in [7, 11) is -1.57. The molecular weight excluding hydrogens is 580 g/mol. The van der Waals surface area contributed by atoms with Crippen molar-refractivity contribution >= 4 is 70.3 Å². The number of hydrogen-bond donors (Lipinski definition) is 0. The molecule has 0 radical (unpaired) electrons. The van der Waals surface area contributed by atoms with Gasteiger partial charge in [-0.3, -0.25) is 0 Å². The minimum absolute atomic E-state index is 1.32. The molecule has 0 nitrogen and oxygen atoms in total. The van der Waals surface area contributed by atoms with E-state index in [-0.39, 0.29) is 0 Å². The van der Waals surface area contributed by atoms with E-state index in [0.717, 1.165) is 0 Å². The van der Waals surface area contributed by atoms with E-state index < -0.39 is 10.3 Å². The van der Waals surface area contributed by atoms with Crippen LogP contribution in [-0.4, -0.2) is 10.3 Å². The zero-order valence-corrected chi connectivity index (χ0v) is 14.7. The van der Waals surface area contributed by atoms with Gasteiger partial charge in [0.25, 0.3) is 0 Å². The van der Waals surface area contributed by atoms with Gasteiger partial charge in [0.1, 0.15) is 0 Å². The van der Waals surface area contributed by atoms with Gasteiger partial charge in [-0.25, -0.2) is 0 Å². The molecule has 0 aliphatic rings. The Morgan fingerprint density at radius 3 is 2.30 bits per heavy atom. The molecule has 0 aliphatic carbocycles. The van der Waals surface area contributed by atoms with Crippen molar-refractivity contribution in [2.75, 3.05) is 0 Å². The predicted octanol–water partition coefficient (Wildman–Crippen LogP) is 4.59. The van der Waals surface area contributed by atoms with Gasteiger partial charge in [0, 0.05) is 0 Å². The summed E-state index contributed by atoms with van der Waals surface area (Å²) >= 11 is 7.72. The molecule has 0 aliphatic heterocycles. The second-order valence-corrected chi connectivity index (χ2v) is 42.9. The van der Waals surface area contributed by atoms with Gasteiger partial charge in [-0.05, 0) is 0 Å². The zero-order valence-electron chi connectivity index (χ0n) is 5.87. The molecule has 0 spiro atoms. The molecule has 0 aromatic rings. The first-order chi connectivity index (χ1) is 4.50. The first-order valence-corrected chi connectivity index (χ1v) is 20.5. The molecule has 0 unspecified atom stereocenters. The van der Waals surface area contributed by atoms with Gasteiger partial charge in [-0.2, -0.15) is 0 Å². The molecule has 0 heterocycles. The Morgan fingerprint density at radius 1 is 1.50 bits per heavy atom. The average molecular weight is 591 g/mol. The molecule has 0 fully saturated rings. The van der Waals surface area contributed by atoms with E-state index in [4.69, 9.17) is 0 Å². The summed E-state index contributed by atoms with van der Waals surface area (Å²) in [6.07, 6.45) is 2.71. The average Bonchev–Trinajstić information content (AvgIpc) is 1.84. The van der Waals surface area contributed by atoms with Crippen LogP contribution < -0.4 is 0 Å². The topological polar surface area (TPSA) is 0 Å². The fourth-order valence-electron chi connectivity index (χ4n) is 0.436. The molecule has 0 saturated heterocycles. The minimum atomic E-state index is -1.57. The fraction of sp³-hybridized carbons (Fsp3) is 0.667. The Morgan fingerprint density at radius 2 is 2.00 bits per heavy atom. The molecule has 10 heavy (non-hydrogen) atoms. The Bertz CT molecular complexity index is 122. The van der Waals surface area contributed by atoms with Gasteiger partial charge in [-0.1, -0.05) is 0 Å². The summed E-state index contributed by atoms with van der Waals surface area (Å²) in [4.78, 5) is 0. The first-order valence-electron chi connectivity index (χ1n) is 3.05. The molecular formula is C6H11I3Te.